The number of nitrogens with one attached hydrogen (secondary N) is 1. The van der Waals surface area contributed by atoms with E-state index in [-0.39, 0.29) is 24.0 Å². The lowest BCUT2D eigenvalue weighted by Crippen LogP contribution is -2.38. The Hall–Kier alpha value is -3.43. The maximum atomic E-state index is 12.9. The Kier molecular flexibility index (Phi) is 7.17. The molecule has 1 aliphatic rings. The number of aryl methyl sites for hydroxylation is 2. The lowest BCUT2D eigenvalue weighted by Gasteiger charge is -2.32. The van der Waals surface area contributed by atoms with Crippen LogP contribution in [0, 0.1) is 6.92 Å². The second kappa shape index (κ2) is 10.5. The van der Waals surface area contributed by atoms with Gasteiger partial charge in [0.15, 0.2) is 0 Å². The third kappa shape index (κ3) is 5.62. The van der Waals surface area contributed by atoms with E-state index in [1.54, 1.807) is 25.1 Å². The molecule has 0 saturated carbocycles. The van der Waals surface area contributed by atoms with Gasteiger partial charge in [-0.1, -0.05) is 35.9 Å². The quantitative estimate of drug-likeness (QED) is 0.346. The van der Waals surface area contributed by atoms with Crippen molar-refractivity contribution in [3.05, 3.63) is 83.4 Å². The average Bonchev–Trinajstić information content (AvgIpc) is 3.32. The third-order valence-corrected chi connectivity index (χ3v) is 8.53. The van der Waals surface area contributed by atoms with Crippen molar-refractivity contribution < 1.29 is 14.6 Å². The summed E-state index contributed by atoms with van der Waals surface area (Å²) < 4.78 is 30.0. The number of nitrogens with zero attached hydrogens (tertiary/aromatic N) is 4. The van der Waals surface area contributed by atoms with Crippen molar-refractivity contribution in [3.63, 3.8) is 0 Å². The molecule has 0 aliphatic carbocycles. The van der Waals surface area contributed by atoms with Crippen LogP contribution >= 0.6 is 11.6 Å². The first-order valence-corrected chi connectivity index (χ1v) is 14.1. The molecule has 0 unspecified atom stereocenters. The summed E-state index contributed by atoms with van der Waals surface area (Å²) in [4.78, 5) is 22.9. The summed E-state index contributed by atoms with van der Waals surface area (Å²) in [5, 5.41) is 1.76. The van der Waals surface area contributed by atoms with Gasteiger partial charge in [-0.15, -0.1) is 0 Å². The number of benzene rings is 2. The van der Waals surface area contributed by atoms with Crippen LogP contribution in [-0.4, -0.2) is 46.8 Å². The van der Waals surface area contributed by atoms with E-state index < -0.39 is 10.0 Å². The molecule has 0 radical (unpaired) electrons. The van der Waals surface area contributed by atoms with E-state index in [0.717, 1.165) is 29.3 Å². The molecule has 1 N–H and O–H groups in total. The van der Waals surface area contributed by atoms with Gasteiger partial charge < -0.3 is 9.47 Å². The highest BCUT2D eigenvalue weighted by atomic mass is 35.5. The van der Waals surface area contributed by atoms with Gasteiger partial charge in [-0.05, 0) is 55.5 Å². The Balaban J connectivity index is 0.00000336. The maximum absolute atomic E-state index is 12.9. The number of halogens is 1. The first kappa shape index (κ1) is 25.2. The molecule has 2 aromatic heterocycles. The molecule has 194 valence electrons. The maximum Gasteiger partial charge on any atom is 0.263 e. The molecule has 0 spiro atoms. The molecule has 2 aromatic carbocycles. The number of sulfonamides is 1. The van der Waals surface area contributed by atoms with Gasteiger partial charge >= 0.3 is 0 Å². The highest BCUT2D eigenvalue weighted by molar-refractivity contribution is 7.92. The van der Waals surface area contributed by atoms with Gasteiger partial charge in [0.25, 0.3) is 10.0 Å². The second-order valence-corrected chi connectivity index (χ2v) is 11.4. The molecule has 1 saturated heterocycles. The predicted molar refractivity (Wildman–Crippen MR) is 146 cm³/mol. The second-order valence-electron chi connectivity index (χ2n) is 9.31. The van der Waals surface area contributed by atoms with E-state index >= 15 is 0 Å². The monoisotopic (exact) mass is 539 g/mol. The van der Waals surface area contributed by atoms with Gasteiger partial charge in [0.05, 0.1) is 15.4 Å². The number of carbonyl (C=O) groups excluding carboxylic acids is 1. The van der Waals surface area contributed by atoms with E-state index in [9.17, 15) is 13.2 Å². The lowest BCUT2D eigenvalue weighted by atomic mass is 9.89. The van der Waals surface area contributed by atoms with Crippen molar-refractivity contribution in [2.45, 2.75) is 43.5 Å². The largest absolute Gasteiger partial charge is 0.346 e. The van der Waals surface area contributed by atoms with E-state index in [1.165, 1.54) is 6.33 Å². The number of amides is 1. The van der Waals surface area contributed by atoms with Crippen molar-refractivity contribution in [2.24, 2.45) is 0 Å². The minimum absolute atomic E-state index is 0. The molecule has 0 bridgehead atoms. The van der Waals surface area contributed by atoms with Crippen LogP contribution in [0.25, 0.3) is 10.9 Å². The number of hydrogen-bond acceptors (Lipinski definition) is 5. The van der Waals surface area contributed by atoms with E-state index in [2.05, 4.69) is 14.7 Å². The first-order chi connectivity index (χ1) is 17.8. The van der Waals surface area contributed by atoms with Gasteiger partial charge in [0.2, 0.25) is 5.91 Å². The van der Waals surface area contributed by atoms with Crippen molar-refractivity contribution in [3.8, 4) is 0 Å². The van der Waals surface area contributed by atoms with Crippen molar-refractivity contribution in [1.29, 1.82) is 0 Å². The van der Waals surface area contributed by atoms with E-state index in [1.807, 2.05) is 52.1 Å². The fourth-order valence-electron chi connectivity index (χ4n) is 4.86. The highest BCUT2D eigenvalue weighted by Crippen LogP contribution is 2.30. The number of aromatic nitrogens is 3. The van der Waals surface area contributed by atoms with Gasteiger partial charge in [0, 0.05) is 50.8 Å². The molecule has 3 heterocycles. The SMILES string of the molecule is Cc1cc(NS(=O)(=O)c2ccc(C3CCN(C(=O)CCn4ccc5cccc(Cl)c54)CC3)cc2)ncn1.[HH]. The van der Waals surface area contributed by atoms with Gasteiger partial charge in [0.1, 0.15) is 12.1 Å². The molecule has 37 heavy (non-hydrogen) atoms. The van der Waals surface area contributed by atoms with Crippen LogP contribution in [0.15, 0.2) is 72.0 Å². The number of rotatable bonds is 7. The van der Waals surface area contributed by atoms with E-state index in [0.29, 0.717) is 36.8 Å². The molecule has 1 fully saturated rings. The van der Waals surface area contributed by atoms with Crippen LogP contribution in [0.4, 0.5) is 5.82 Å². The number of fused-ring (bicyclic) bond motifs is 1. The van der Waals surface area contributed by atoms with Crippen LogP contribution < -0.4 is 4.72 Å². The fourth-order valence-corrected chi connectivity index (χ4v) is 6.15. The Morgan fingerprint density at radius 3 is 2.59 bits per heavy atom. The normalized spacial score (nSPS) is 14.7. The zero-order valence-electron chi connectivity index (χ0n) is 20.5. The molecule has 4 aromatic rings. The van der Waals surface area contributed by atoms with Crippen LogP contribution in [0.5, 0.6) is 0 Å². The van der Waals surface area contributed by atoms with Crippen LogP contribution in [0.1, 0.15) is 37.9 Å². The number of piperidine rings is 1. The molecule has 0 atom stereocenters. The van der Waals surface area contributed by atoms with Crippen LogP contribution in [0.2, 0.25) is 5.02 Å². The van der Waals surface area contributed by atoms with Gasteiger partial charge in [-0.3, -0.25) is 9.52 Å². The summed E-state index contributed by atoms with van der Waals surface area (Å²) in [6, 6.07) is 16.4. The zero-order chi connectivity index (χ0) is 26.0. The minimum Gasteiger partial charge on any atom is -0.346 e. The Morgan fingerprint density at radius 2 is 1.86 bits per heavy atom. The molecule has 1 aliphatic heterocycles. The summed E-state index contributed by atoms with van der Waals surface area (Å²) in [7, 11) is -3.74. The third-order valence-electron chi connectivity index (χ3n) is 6.86. The van der Waals surface area contributed by atoms with Crippen molar-refractivity contribution in [2.75, 3.05) is 17.8 Å². The topological polar surface area (TPSA) is 97.2 Å². The first-order valence-electron chi connectivity index (χ1n) is 12.2. The summed E-state index contributed by atoms with van der Waals surface area (Å²) in [5.41, 5.74) is 2.72. The number of carbonyl (C=O) groups is 1. The van der Waals surface area contributed by atoms with E-state index in [4.69, 9.17) is 11.6 Å². The molecule has 1 amide bonds. The van der Waals surface area contributed by atoms with Crippen molar-refractivity contribution >= 4 is 44.3 Å². The average molecular weight is 540 g/mol. The predicted octanol–water partition coefficient (Wildman–Crippen LogP) is 5.24. The molecule has 5 rings (SSSR count). The van der Waals surface area contributed by atoms with Crippen LogP contribution in [-0.2, 0) is 21.4 Å². The summed E-state index contributed by atoms with van der Waals surface area (Å²) in [6.45, 7) is 3.73. The molecule has 8 nitrogen and oxygen atoms in total. The Morgan fingerprint density at radius 1 is 1.11 bits per heavy atom. The molecular weight excluding hydrogens is 510 g/mol. The molecule has 10 heteroatoms. The minimum atomic E-state index is -3.74. The highest BCUT2D eigenvalue weighted by Gasteiger charge is 2.24. The Labute approximate surface area is 222 Å². The summed E-state index contributed by atoms with van der Waals surface area (Å²) >= 11 is 6.36. The summed E-state index contributed by atoms with van der Waals surface area (Å²) in [5.74, 6) is 0.659. The summed E-state index contributed by atoms with van der Waals surface area (Å²) in [6.07, 6.45) is 5.41. The Bertz CT molecular complexity index is 1530. The zero-order valence-corrected chi connectivity index (χ0v) is 22.0. The fraction of sp³-hybridized carbons (Fsp3) is 0.296. The lowest BCUT2D eigenvalue weighted by molar-refractivity contribution is -0.132. The van der Waals surface area contributed by atoms with Gasteiger partial charge in [-0.2, -0.15) is 0 Å². The number of hydrogen-bond donors (Lipinski definition) is 1. The van der Waals surface area contributed by atoms with Gasteiger partial charge in [-0.25, -0.2) is 18.4 Å². The van der Waals surface area contributed by atoms with Crippen molar-refractivity contribution in [1.82, 2.24) is 19.4 Å². The molecular formula is C27H30ClN5O3S. The number of para-hydroxylation sites is 1. The smallest absolute Gasteiger partial charge is 0.263 e. The van der Waals surface area contributed by atoms with Crippen LogP contribution in [0.3, 0.4) is 0 Å². The number of likely N-dealkylation sites (tertiary alicyclic amines) is 1. The standard InChI is InChI=1S/C27H28ClN5O3S.H2/c1-19-17-25(30-18-29-19)31-37(35,36)23-7-5-20(6-8-23)21-9-13-32(14-10-21)26(34)12-16-33-15-11-22-3-2-4-24(28)27(22)33;/h2-8,11,15,17-18,21H,9-10,12-14,16H2,1H3,(H,29,30,31);1H. The number of anilines is 1.